The van der Waals surface area contributed by atoms with Gasteiger partial charge in [0.25, 0.3) is 0 Å². The maximum absolute atomic E-state index is 11.8. The number of hydrogen-bond acceptors (Lipinski definition) is 12. The molecule has 0 aliphatic carbocycles. The van der Waals surface area contributed by atoms with Gasteiger partial charge in [0.2, 0.25) is 5.82 Å². The van der Waals surface area contributed by atoms with Gasteiger partial charge in [-0.05, 0) is 6.92 Å². The van der Waals surface area contributed by atoms with E-state index in [2.05, 4.69) is 20.3 Å². The molecule has 0 amide bonds. The summed E-state index contributed by atoms with van der Waals surface area (Å²) in [5.41, 5.74) is 0.605. The second-order valence-corrected chi connectivity index (χ2v) is 6.88. The van der Waals surface area contributed by atoms with E-state index >= 15 is 0 Å². The van der Waals surface area contributed by atoms with E-state index in [-0.39, 0.29) is 18.1 Å². The zero-order valence-electron chi connectivity index (χ0n) is 17.9. The molecular weight excluding hydrogens is 424 g/mol. The molecule has 3 heterocycles. The van der Waals surface area contributed by atoms with Crippen LogP contribution in [0.1, 0.15) is 39.7 Å². The van der Waals surface area contributed by atoms with Gasteiger partial charge in [-0.3, -0.25) is 19.0 Å². The maximum Gasteiger partial charge on any atom is 0.303 e. The zero-order chi connectivity index (χ0) is 23.4. The van der Waals surface area contributed by atoms with Gasteiger partial charge in [-0.15, -0.1) is 0 Å². The Kier molecular flexibility index (Phi) is 6.84. The number of esters is 3. The number of hydrogen-bond donors (Lipinski definition) is 1. The Balaban J connectivity index is 2.09. The highest BCUT2D eigenvalue weighted by Gasteiger charge is 2.51. The lowest BCUT2D eigenvalue weighted by Crippen LogP contribution is -2.40. The molecule has 1 fully saturated rings. The Bertz CT molecular complexity index is 1080. The summed E-state index contributed by atoms with van der Waals surface area (Å²) in [4.78, 5) is 47.5. The highest BCUT2D eigenvalue weighted by molar-refractivity contribution is 5.83. The smallest absolute Gasteiger partial charge is 0.303 e. The van der Waals surface area contributed by atoms with E-state index in [1.165, 1.54) is 31.7 Å². The maximum atomic E-state index is 11.8. The Labute approximate surface area is 182 Å². The van der Waals surface area contributed by atoms with E-state index in [0.29, 0.717) is 17.9 Å². The molecule has 13 heteroatoms. The fraction of sp³-hybridized carbons (Fsp3) is 0.526. The zero-order valence-corrected chi connectivity index (χ0v) is 17.9. The third-order valence-electron chi connectivity index (χ3n) is 4.48. The van der Waals surface area contributed by atoms with Crippen molar-refractivity contribution < 1.29 is 33.3 Å². The van der Waals surface area contributed by atoms with Crippen LogP contribution in [0.2, 0.25) is 0 Å². The van der Waals surface area contributed by atoms with Crippen LogP contribution in [0.4, 0.5) is 5.82 Å². The topological polar surface area (TPSA) is 168 Å². The van der Waals surface area contributed by atoms with E-state index in [1.807, 2.05) is 13.0 Å². The van der Waals surface area contributed by atoms with Gasteiger partial charge in [-0.1, -0.05) is 0 Å². The number of rotatable bonds is 7. The van der Waals surface area contributed by atoms with Crippen molar-refractivity contribution in [2.45, 2.75) is 52.2 Å². The summed E-state index contributed by atoms with van der Waals surface area (Å²) in [7, 11) is 0. The molecular formula is C19H22N6O7. The molecule has 1 N–H and O–H groups in total. The van der Waals surface area contributed by atoms with Crippen LogP contribution in [0.25, 0.3) is 11.2 Å². The van der Waals surface area contributed by atoms with Gasteiger partial charge >= 0.3 is 17.9 Å². The molecule has 32 heavy (non-hydrogen) atoms. The van der Waals surface area contributed by atoms with Crippen molar-refractivity contribution in [1.82, 2.24) is 19.5 Å². The van der Waals surface area contributed by atoms with Crippen LogP contribution in [0.5, 0.6) is 0 Å². The molecule has 0 unspecified atom stereocenters. The van der Waals surface area contributed by atoms with Crippen LogP contribution in [-0.2, 0) is 33.3 Å². The standard InChI is InChI=1S/C19H22N6O7/c1-5-21-17-14-18(24-13(6-20)23-17)25(8-22-14)19-16(31-11(4)28)15(30-10(3)27)12(32-19)7-29-9(2)26/h8,12,15-16,19H,5,7H2,1-4H3,(H,21,23,24)/t12-,15+,16+,19+/m0/s1. The molecule has 1 aliphatic heterocycles. The van der Waals surface area contributed by atoms with Crippen molar-refractivity contribution in [2.75, 3.05) is 18.5 Å². The van der Waals surface area contributed by atoms with Crippen LogP contribution in [0.15, 0.2) is 6.33 Å². The fourth-order valence-electron chi connectivity index (χ4n) is 3.36. The van der Waals surface area contributed by atoms with E-state index in [0.717, 1.165) is 0 Å². The van der Waals surface area contributed by atoms with Gasteiger partial charge in [0.05, 0.1) is 6.33 Å². The number of nitrogens with one attached hydrogen (secondary N) is 1. The number of ether oxygens (including phenoxy) is 4. The van der Waals surface area contributed by atoms with Gasteiger partial charge in [-0.2, -0.15) is 15.2 Å². The predicted molar refractivity (Wildman–Crippen MR) is 106 cm³/mol. The Hall–Kier alpha value is -3.79. The quantitative estimate of drug-likeness (QED) is 0.461. The molecule has 0 aromatic carbocycles. The van der Waals surface area contributed by atoms with E-state index in [1.54, 1.807) is 0 Å². The minimum atomic E-state index is -1.10. The van der Waals surface area contributed by atoms with Crippen molar-refractivity contribution in [2.24, 2.45) is 0 Å². The number of fused-ring (bicyclic) bond motifs is 1. The molecule has 2 aromatic rings. The third kappa shape index (κ3) is 4.75. The number of nitrogens with zero attached hydrogens (tertiary/aromatic N) is 5. The average molecular weight is 446 g/mol. The first-order valence-corrected chi connectivity index (χ1v) is 9.76. The first kappa shape index (κ1) is 22.9. The normalized spacial score (nSPS) is 22.2. The number of aromatic nitrogens is 4. The number of nitriles is 1. The van der Waals surface area contributed by atoms with Gasteiger partial charge in [0.15, 0.2) is 35.4 Å². The van der Waals surface area contributed by atoms with Gasteiger partial charge < -0.3 is 24.3 Å². The predicted octanol–water partition coefficient (Wildman–Crippen LogP) is 0.454. The van der Waals surface area contributed by atoms with Crippen molar-refractivity contribution in [3.8, 4) is 6.07 Å². The molecule has 3 rings (SSSR count). The van der Waals surface area contributed by atoms with Crippen molar-refractivity contribution in [1.29, 1.82) is 5.26 Å². The molecule has 0 spiro atoms. The minimum absolute atomic E-state index is 0.106. The largest absolute Gasteiger partial charge is 0.463 e. The Morgan fingerprint density at radius 3 is 2.44 bits per heavy atom. The Morgan fingerprint density at radius 2 is 1.84 bits per heavy atom. The minimum Gasteiger partial charge on any atom is -0.463 e. The van der Waals surface area contributed by atoms with E-state index in [4.69, 9.17) is 18.9 Å². The SMILES string of the molecule is CCNc1nc(C#N)nc2c1ncn2[C@@H]1O[C@@H](COC(C)=O)[C@@H](OC(C)=O)[C@H]1OC(C)=O. The third-order valence-corrected chi connectivity index (χ3v) is 4.48. The van der Waals surface area contributed by atoms with Crippen LogP contribution in [0, 0.1) is 11.3 Å². The summed E-state index contributed by atoms with van der Waals surface area (Å²) in [5, 5.41) is 12.3. The van der Waals surface area contributed by atoms with Crippen LogP contribution in [-0.4, -0.2) is 68.9 Å². The number of anilines is 1. The first-order chi connectivity index (χ1) is 15.2. The molecule has 1 aliphatic rings. The van der Waals surface area contributed by atoms with Crippen molar-refractivity contribution in [3.63, 3.8) is 0 Å². The summed E-state index contributed by atoms with van der Waals surface area (Å²) in [5.74, 6) is -1.59. The molecule has 0 radical (unpaired) electrons. The van der Waals surface area contributed by atoms with Crippen LogP contribution < -0.4 is 5.32 Å². The second kappa shape index (κ2) is 9.56. The van der Waals surface area contributed by atoms with Crippen LogP contribution >= 0.6 is 0 Å². The lowest BCUT2D eigenvalue weighted by Gasteiger charge is -2.23. The van der Waals surface area contributed by atoms with Crippen LogP contribution in [0.3, 0.4) is 0 Å². The molecule has 4 atom stereocenters. The van der Waals surface area contributed by atoms with Crippen molar-refractivity contribution >= 4 is 34.9 Å². The molecule has 1 saturated heterocycles. The summed E-state index contributed by atoms with van der Waals surface area (Å²) >= 11 is 0. The number of carbonyl (C=O) groups is 3. The molecule has 0 saturated carbocycles. The fourth-order valence-corrected chi connectivity index (χ4v) is 3.36. The number of imidazole rings is 1. The van der Waals surface area contributed by atoms with Gasteiger partial charge in [0.1, 0.15) is 18.8 Å². The molecule has 2 aromatic heterocycles. The molecule has 13 nitrogen and oxygen atoms in total. The van der Waals surface area contributed by atoms with Gasteiger partial charge in [-0.25, -0.2) is 4.98 Å². The average Bonchev–Trinajstić information content (AvgIpc) is 3.27. The van der Waals surface area contributed by atoms with E-state index < -0.39 is 42.4 Å². The molecule has 0 bridgehead atoms. The summed E-state index contributed by atoms with van der Waals surface area (Å²) in [6.45, 7) is 5.77. The molecule has 170 valence electrons. The Morgan fingerprint density at radius 1 is 1.16 bits per heavy atom. The first-order valence-electron chi connectivity index (χ1n) is 9.76. The lowest BCUT2D eigenvalue weighted by atomic mass is 10.1. The summed E-state index contributed by atoms with van der Waals surface area (Å²) < 4.78 is 23.3. The summed E-state index contributed by atoms with van der Waals surface area (Å²) in [6, 6.07) is 1.89. The van der Waals surface area contributed by atoms with Crippen molar-refractivity contribution in [3.05, 3.63) is 12.2 Å². The second-order valence-electron chi connectivity index (χ2n) is 6.88. The highest BCUT2D eigenvalue weighted by atomic mass is 16.7. The monoisotopic (exact) mass is 446 g/mol. The summed E-state index contributed by atoms with van der Waals surface area (Å²) in [6.07, 6.45) is -2.74. The number of carbonyl (C=O) groups excluding carboxylic acids is 3. The van der Waals surface area contributed by atoms with E-state index in [9.17, 15) is 19.6 Å². The highest BCUT2D eigenvalue weighted by Crippen LogP contribution is 2.36. The lowest BCUT2D eigenvalue weighted by molar-refractivity contribution is -0.166. The van der Waals surface area contributed by atoms with Gasteiger partial charge in [0, 0.05) is 27.3 Å².